The maximum atomic E-state index is 12.9. The molecule has 1 aromatic heterocycles. The molecule has 0 bridgehead atoms. The van der Waals surface area contributed by atoms with Crippen LogP contribution in [-0.2, 0) is 0 Å². The van der Waals surface area contributed by atoms with Gasteiger partial charge in [0.25, 0.3) is 11.2 Å². The van der Waals surface area contributed by atoms with Crippen molar-refractivity contribution in [3.8, 4) is 0 Å². The number of aliphatic hydroxyl groups is 1. The molecule has 33 heavy (non-hydrogen) atoms. The third-order valence-corrected chi connectivity index (χ3v) is 5.47. The van der Waals surface area contributed by atoms with E-state index in [2.05, 4.69) is 20.5 Å². The van der Waals surface area contributed by atoms with Gasteiger partial charge in [-0.2, -0.15) is 5.10 Å². The quantitative estimate of drug-likeness (QED) is 0.207. The van der Waals surface area contributed by atoms with Crippen LogP contribution in [0.4, 0.5) is 11.4 Å². The molecule has 3 N–H and O–H groups in total. The van der Waals surface area contributed by atoms with E-state index in [4.69, 9.17) is 23.2 Å². The summed E-state index contributed by atoms with van der Waals surface area (Å²) < 4.78 is 0. The predicted molar refractivity (Wildman–Crippen MR) is 127 cm³/mol. The van der Waals surface area contributed by atoms with Crippen molar-refractivity contribution >= 4 is 51.3 Å². The van der Waals surface area contributed by atoms with Gasteiger partial charge in [-0.3, -0.25) is 20.3 Å². The van der Waals surface area contributed by atoms with E-state index in [1.807, 2.05) is 6.07 Å². The van der Waals surface area contributed by atoms with Crippen LogP contribution >= 0.6 is 23.2 Å². The van der Waals surface area contributed by atoms with E-state index in [-0.39, 0.29) is 33.1 Å². The highest BCUT2D eigenvalue weighted by Crippen LogP contribution is 2.27. The zero-order chi connectivity index (χ0) is 23.5. The summed E-state index contributed by atoms with van der Waals surface area (Å²) in [5, 5.41) is 26.9. The number of halogens is 2. The van der Waals surface area contributed by atoms with E-state index in [1.54, 1.807) is 30.3 Å². The molecule has 0 saturated heterocycles. The van der Waals surface area contributed by atoms with Crippen molar-refractivity contribution in [2.24, 2.45) is 5.10 Å². The Hall–Kier alpha value is -3.79. The van der Waals surface area contributed by atoms with Gasteiger partial charge in [0.1, 0.15) is 11.8 Å². The molecule has 0 radical (unpaired) electrons. The Labute approximate surface area is 196 Å². The largest absolute Gasteiger partial charge is 0.382 e. The molecular formula is C22H15Cl2N5O4. The second-order valence-electron chi connectivity index (χ2n) is 6.92. The smallest absolute Gasteiger partial charge is 0.276 e. The van der Waals surface area contributed by atoms with Gasteiger partial charge in [-0.1, -0.05) is 47.5 Å². The van der Waals surface area contributed by atoms with Crippen LogP contribution in [0.15, 0.2) is 76.6 Å². The van der Waals surface area contributed by atoms with Crippen molar-refractivity contribution in [1.29, 1.82) is 0 Å². The molecular weight excluding hydrogens is 469 g/mol. The van der Waals surface area contributed by atoms with Gasteiger partial charge in [-0.25, -0.2) is 4.98 Å². The number of nitro benzene ring substituents is 1. The molecule has 0 aliphatic rings. The topological polar surface area (TPSA) is 134 Å². The first-order valence-corrected chi connectivity index (χ1v) is 10.3. The second kappa shape index (κ2) is 9.37. The number of H-pyrrole nitrogens is 1. The molecule has 4 aromatic rings. The molecule has 3 aromatic carbocycles. The molecule has 0 fully saturated rings. The van der Waals surface area contributed by atoms with E-state index in [0.29, 0.717) is 16.3 Å². The molecule has 4 rings (SSSR count). The van der Waals surface area contributed by atoms with Gasteiger partial charge >= 0.3 is 0 Å². The van der Waals surface area contributed by atoms with Crippen LogP contribution in [0.5, 0.6) is 0 Å². The van der Waals surface area contributed by atoms with Gasteiger partial charge < -0.3 is 10.1 Å². The number of hydrogen-bond acceptors (Lipinski definition) is 7. The molecule has 0 aliphatic heterocycles. The Balaban J connectivity index is 1.84. The number of nitrogens with one attached hydrogen (secondary N) is 2. The van der Waals surface area contributed by atoms with E-state index in [9.17, 15) is 20.0 Å². The van der Waals surface area contributed by atoms with Gasteiger partial charge in [0, 0.05) is 12.1 Å². The van der Waals surface area contributed by atoms with E-state index < -0.39 is 16.6 Å². The summed E-state index contributed by atoms with van der Waals surface area (Å²) in [6.45, 7) is 0. The normalized spacial score (nSPS) is 12.5. The number of para-hydroxylation sites is 1. The van der Waals surface area contributed by atoms with E-state index >= 15 is 0 Å². The monoisotopic (exact) mass is 483 g/mol. The lowest BCUT2D eigenvalue weighted by molar-refractivity contribution is -0.384. The number of anilines is 1. The van der Waals surface area contributed by atoms with Crippen LogP contribution in [0, 0.1) is 10.1 Å². The summed E-state index contributed by atoms with van der Waals surface area (Å²) in [5.41, 5.74) is 3.09. The summed E-state index contributed by atoms with van der Waals surface area (Å²) in [6.07, 6.45) is -1.39. The maximum Gasteiger partial charge on any atom is 0.276 e. The number of nitrogens with zero attached hydrogens (tertiary/aromatic N) is 3. The Morgan fingerprint density at radius 3 is 2.55 bits per heavy atom. The standard InChI is InChI=1S/C22H15Cl2N5O4/c23-15-8-6-12(10-16(15)24)21(30)19(28-27-13-4-2-1-3-5-13)20-22(31)26-18-11-14(29(32)33)7-9-17(18)25-20/h1-11,21,27,30H,(H,26,31)/b28-19+. The summed E-state index contributed by atoms with van der Waals surface area (Å²) in [5.74, 6) is 0. The van der Waals surface area contributed by atoms with E-state index in [1.165, 1.54) is 30.3 Å². The SMILES string of the molecule is O=c1[nH]c2cc([N+](=O)[O-])ccc2nc1/C(=N\Nc1ccccc1)C(O)c1ccc(Cl)c(Cl)c1. The van der Waals surface area contributed by atoms with Crippen molar-refractivity contribution in [2.75, 3.05) is 5.43 Å². The molecule has 0 amide bonds. The average Bonchev–Trinajstić information content (AvgIpc) is 2.81. The third kappa shape index (κ3) is 4.85. The molecule has 1 unspecified atom stereocenters. The van der Waals surface area contributed by atoms with Crippen molar-refractivity contribution in [3.63, 3.8) is 0 Å². The summed E-state index contributed by atoms with van der Waals surface area (Å²) in [7, 11) is 0. The van der Waals surface area contributed by atoms with Crippen LogP contribution in [0.3, 0.4) is 0 Å². The highest BCUT2D eigenvalue weighted by atomic mass is 35.5. The maximum absolute atomic E-state index is 12.9. The van der Waals surface area contributed by atoms with Gasteiger partial charge in [0.05, 0.1) is 31.7 Å². The zero-order valence-corrected chi connectivity index (χ0v) is 18.2. The molecule has 9 nitrogen and oxygen atoms in total. The fourth-order valence-corrected chi connectivity index (χ4v) is 3.39. The molecule has 11 heteroatoms. The van der Waals surface area contributed by atoms with Gasteiger partial charge in [0.15, 0.2) is 5.69 Å². The Morgan fingerprint density at radius 2 is 1.85 bits per heavy atom. The van der Waals surface area contributed by atoms with Gasteiger partial charge in [0.2, 0.25) is 0 Å². The summed E-state index contributed by atoms with van der Waals surface area (Å²) >= 11 is 12.1. The number of rotatable bonds is 6. The number of hydrazone groups is 1. The fraction of sp³-hybridized carbons (Fsp3) is 0.0455. The van der Waals surface area contributed by atoms with E-state index in [0.717, 1.165) is 0 Å². The minimum Gasteiger partial charge on any atom is -0.382 e. The Morgan fingerprint density at radius 1 is 1.09 bits per heavy atom. The molecule has 1 heterocycles. The van der Waals surface area contributed by atoms with Crippen molar-refractivity contribution in [1.82, 2.24) is 9.97 Å². The van der Waals surface area contributed by atoms with Crippen molar-refractivity contribution in [3.05, 3.63) is 109 Å². The number of aliphatic hydroxyl groups excluding tert-OH is 1. The highest BCUT2D eigenvalue weighted by Gasteiger charge is 2.23. The van der Waals surface area contributed by atoms with Crippen LogP contribution in [0.1, 0.15) is 17.4 Å². The minimum absolute atomic E-state index is 0.0845. The second-order valence-corrected chi connectivity index (χ2v) is 7.74. The number of aromatic amines is 1. The molecule has 0 aliphatic carbocycles. The number of aromatic nitrogens is 2. The number of fused-ring (bicyclic) bond motifs is 1. The Bertz CT molecular complexity index is 1440. The predicted octanol–water partition coefficient (Wildman–Crippen LogP) is 4.69. The number of non-ortho nitro benzene ring substituents is 1. The van der Waals surface area contributed by atoms with Crippen LogP contribution < -0.4 is 11.0 Å². The number of nitro groups is 1. The summed E-state index contributed by atoms with van der Waals surface area (Å²) in [4.78, 5) is 30.2. The first kappa shape index (κ1) is 22.4. The lowest BCUT2D eigenvalue weighted by atomic mass is 10.0. The van der Waals surface area contributed by atoms with Gasteiger partial charge in [-0.15, -0.1) is 0 Å². The third-order valence-electron chi connectivity index (χ3n) is 4.73. The zero-order valence-electron chi connectivity index (χ0n) is 16.7. The molecule has 0 saturated carbocycles. The van der Waals surface area contributed by atoms with Gasteiger partial charge in [-0.05, 0) is 35.9 Å². The molecule has 166 valence electrons. The molecule has 1 atom stereocenters. The van der Waals surface area contributed by atoms with Crippen LogP contribution in [0.25, 0.3) is 11.0 Å². The first-order valence-electron chi connectivity index (χ1n) is 9.54. The van der Waals surface area contributed by atoms with Crippen molar-refractivity contribution < 1.29 is 10.0 Å². The fourth-order valence-electron chi connectivity index (χ4n) is 3.08. The van der Waals surface area contributed by atoms with Crippen molar-refractivity contribution in [2.45, 2.75) is 6.10 Å². The average molecular weight is 484 g/mol. The summed E-state index contributed by atoms with van der Waals surface area (Å²) in [6, 6.07) is 17.3. The van der Waals surface area contributed by atoms with Crippen LogP contribution in [-0.4, -0.2) is 25.7 Å². The first-order chi connectivity index (χ1) is 15.8. The Kier molecular flexibility index (Phi) is 6.36. The van der Waals surface area contributed by atoms with Crippen LogP contribution in [0.2, 0.25) is 10.0 Å². The minimum atomic E-state index is -1.39. The molecule has 0 spiro atoms. The highest BCUT2D eigenvalue weighted by molar-refractivity contribution is 6.42. The lowest BCUT2D eigenvalue weighted by Gasteiger charge is -2.15. The lowest BCUT2D eigenvalue weighted by Crippen LogP contribution is -2.26. The number of benzene rings is 3. The number of hydrogen-bond donors (Lipinski definition) is 3.